The molecule has 102 valence electrons. The van der Waals surface area contributed by atoms with Crippen molar-refractivity contribution in [2.24, 2.45) is 0 Å². The van der Waals surface area contributed by atoms with Crippen LogP contribution in [-0.2, 0) is 6.42 Å². The third-order valence-corrected chi connectivity index (χ3v) is 2.52. The molecule has 1 N–H and O–H groups in total. The van der Waals surface area contributed by atoms with E-state index < -0.39 is 34.9 Å². The molecular weight excluding hydrogens is 264 g/mol. The van der Waals surface area contributed by atoms with Crippen molar-refractivity contribution in [3.63, 3.8) is 0 Å². The summed E-state index contributed by atoms with van der Waals surface area (Å²) in [5, 5.41) is 9.15. The summed E-state index contributed by atoms with van der Waals surface area (Å²) in [6, 6.07) is 2.70. The predicted molar refractivity (Wildman–Crippen MR) is 59.4 cm³/mol. The Morgan fingerprint density at radius 3 is 2.21 bits per heavy atom. The largest absolute Gasteiger partial charge is 0.461 e. The van der Waals surface area contributed by atoms with E-state index in [1.54, 1.807) is 0 Å². The van der Waals surface area contributed by atoms with Crippen LogP contribution >= 0.6 is 0 Å². The van der Waals surface area contributed by atoms with Gasteiger partial charge in [-0.25, -0.2) is 17.6 Å². The Morgan fingerprint density at radius 1 is 1.11 bits per heavy atom. The highest BCUT2D eigenvalue weighted by molar-refractivity contribution is 5.59. The van der Waals surface area contributed by atoms with Crippen LogP contribution in [0.4, 0.5) is 17.6 Å². The second-order valence-corrected chi connectivity index (χ2v) is 4.16. The molecule has 0 amide bonds. The van der Waals surface area contributed by atoms with E-state index in [1.165, 1.54) is 19.1 Å². The minimum absolute atomic E-state index is 0.126. The zero-order valence-corrected chi connectivity index (χ0v) is 9.88. The van der Waals surface area contributed by atoms with Crippen LogP contribution in [0.3, 0.4) is 0 Å². The van der Waals surface area contributed by atoms with Crippen molar-refractivity contribution < 1.29 is 27.1 Å². The first kappa shape index (κ1) is 13.6. The molecule has 1 aromatic carbocycles. The number of benzene rings is 1. The highest BCUT2D eigenvalue weighted by atomic mass is 19.2. The molecule has 1 atom stereocenters. The molecule has 0 radical (unpaired) electrons. The molecule has 1 aromatic heterocycles. The Bertz CT molecular complexity index is 579. The maximum Gasteiger partial charge on any atom is 0.172 e. The molecule has 2 aromatic rings. The van der Waals surface area contributed by atoms with Crippen LogP contribution < -0.4 is 0 Å². The van der Waals surface area contributed by atoms with Gasteiger partial charge in [-0.15, -0.1) is 0 Å². The first-order valence-electron chi connectivity index (χ1n) is 5.50. The molecule has 1 heterocycles. The molecular formula is C13H10F4O2. The van der Waals surface area contributed by atoms with Crippen LogP contribution in [0.15, 0.2) is 22.6 Å². The zero-order valence-electron chi connectivity index (χ0n) is 9.88. The van der Waals surface area contributed by atoms with E-state index >= 15 is 0 Å². The summed E-state index contributed by atoms with van der Waals surface area (Å²) < 4.78 is 58.2. The van der Waals surface area contributed by atoms with Gasteiger partial charge in [-0.2, -0.15) is 0 Å². The van der Waals surface area contributed by atoms with Crippen molar-refractivity contribution in [1.29, 1.82) is 0 Å². The highest BCUT2D eigenvalue weighted by Crippen LogP contribution is 2.31. The fraction of sp³-hybridized carbons (Fsp3) is 0.231. The molecule has 0 saturated carbocycles. The summed E-state index contributed by atoms with van der Waals surface area (Å²) in [7, 11) is 0. The van der Waals surface area contributed by atoms with Crippen molar-refractivity contribution in [3.05, 3.63) is 47.2 Å². The van der Waals surface area contributed by atoms with Gasteiger partial charge in [0.05, 0.1) is 11.7 Å². The minimum atomic E-state index is -1.52. The quantitative estimate of drug-likeness (QED) is 0.687. The lowest BCUT2D eigenvalue weighted by Gasteiger charge is -2.04. The minimum Gasteiger partial charge on any atom is -0.461 e. The molecule has 19 heavy (non-hydrogen) atoms. The number of hydrogen-bond acceptors (Lipinski definition) is 2. The monoisotopic (exact) mass is 274 g/mol. The third kappa shape index (κ3) is 2.63. The van der Waals surface area contributed by atoms with Crippen molar-refractivity contribution in [3.8, 4) is 11.3 Å². The standard InChI is InChI=1S/C13H10F4O2/c1-6(18)4-7-2-3-10(19-7)11-12(16)8(14)5-9(15)13(11)17/h2-3,5-6,18H,4H2,1H3. The average Bonchev–Trinajstić information content (AvgIpc) is 2.74. The Hall–Kier alpha value is -1.82. The number of halogens is 4. The Labute approximate surface area is 106 Å². The second-order valence-electron chi connectivity index (χ2n) is 4.16. The zero-order chi connectivity index (χ0) is 14.2. The maximum atomic E-state index is 13.5. The number of aliphatic hydroxyl groups is 1. The number of aliphatic hydroxyl groups excluding tert-OH is 1. The van der Waals surface area contributed by atoms with Crippen LogP contribution in [0.2, 0.25) is 0 Å². The van der Waals surface area contributed by atoms with Gasteiger partial charge in [0.1, 0.15) is 11.5 Å². The summed E-state index contributed by atoms with van der Waals surface area (Å²) in [5.74, 6) is -6.10. The van der Waals surface area contributed by atoms with Crippen LogP contribution in [0.25, 0.3) is 11.3 Å². The fourth-order valence-electron chi connectivity index (χ4n) is 1.70. The smallest absolute Gasteiger partial charge is 0.172 e. The van der Waals surface area contributed by atoms with Gasteiger partial charge in [0.2, 0.25) is 0 Å². The average molecular weight is 274 g/mol. The van der Waals surface area contributed by atoms with E-state index in [4.69, 9.17) is 9.52 Å². The molecule has 1 unspecified atom stereocenters. The Morgan fingerprint density at radius 2 is 1.68 bits per heavy atom. The lowest BCUT2D eigenvalue weighted by molar-refractivity contribution is 0.187. The number of rotatable bonds is 3. The summed E-state index contributed by atoms with van der Waals surface area (Å²) in [6.07, 6.45) is -0.584. The first-order chi connectivity index (χ1) is 8.90. The van der Waals surface area contributed by atoms with Gasteiger partial charge < -0.3 is 9.52 Å². The molecule has 0 spiro atoms. The van der Waals surface area contributed by atoms with Gasteiger partial charge in [-0.3, -0.25) is 0 Å². The van der Waals surface area contributed by atoms with Gasteiger partial charge in [0, 0.05) is 12.5 Å². The maximum absolute atomic E-state index is 13.5. The van der Waals surface area contributed by atoms with E-state index in [0.29, 0.717) is 0 Å². The summed E-state index contributed by atoms with van der Waals surface area (Å²) >= 11 is 0. The van der Waals surface area contributed by atoms with E-state index in [1.807, 2.05) is 0 Å². The lowest BCUT2D eigenvalue weighted by atomic mass is 10.1. The van der Waals surface area contributed by atoms with Crippen LogP contribution in [0.5, 0.6) is 0 Å². The molecule has 2 rings (SSSR count). The molecule has 6 heteroatoms. The predicted octanol–water partition coefficient (Wildman–Crippen LogP) is 3.43. The Balaban J connectivity index is 2.50. The Kier molecular flexibility index (Phi) is 3.61. The number of furan rings is 1. The molecule has 0 saturated heterocycles. The van der Waals surface area contributed by atoms with Gasteiger partial charge in [-0.1, -0.05) is 0 Å². The van der Waals surface area contributed by atoms with Gasteiger partial charge in [0.25, 0.3) is 0 Å². The normalized spacial score (nSPS) is 12.7. The van der Waals surface area contributed by atoms with Crippen molar-refractivity contribution in [1.82, 2.24) is 0 Å². The van der Waals surface area contributed by atoms with Gasteiger partial charge in [0.15, 0.2) is 23.3 Å². The fourth-order valence-corrected chi connectivity index (χ4v) is 1.70. The van der Waals surface area contributed by atoms with Gasteiger partial charge in [-0.05, 0) is 19.1 Å². The van der Waals surface area contributed by atoms with E-state index in [2.05, 4.69) is 0 Å². The summed E-state index contributed by atoms with van der Waals surface area (Å²) in [6.45, 7) is 1.51. The van der Waals surface area contributed by atoms with Gasteiger partial charge >= 0.3 is 0 Å². The van der Waals surface area contributed by atoms with E-state index in [-0.39, 0.29) is 24.0 Å². The molecule has 2 nitrogen and oxygen atoms in total. The SMILES string of the molecule is CC(O)Cc1ccc(-c2c(F)c(F)cc(F)c2F)o1. The topological polar surface area (TPSA) is 33.4 Å². The highest BCUT2D eigenvalue weighted by Gasteiger charge is 2.23. The molecule has 0 aliphatic carbocycles. The lowest BCUT2D eigenvalue weighted by Crippen LogP contribution is -2.02. The molecule has 0 bridgehead atoms. The molecule has 0 fully saturated rings. The first-order valence-corrected chi connectivity index (χ1v) is 5.50. The molecule has 0 aliphatic rings. The van der Waals surface area contributed by atoms with Crippen molar-refractivity contribution >= 4 is 0 Å². The van der Waals surface area contributed by atoms with Crippen LogP contribution in [0.1, 0.15) is 12.7 Å². The van der Waals surface area contributed by atoms with Crippen molar-refractivity contribution in [2.45, 2.75) is 19.4 Å². The third-order valence-electron chi connectivity index (χ3n) is 2.52. The van der Waals surface area contributed by atoms with Crippen LogP contribution in [-0.4, -0.2) is 11.2 Å². The van der Waals surface area contributed by atoms with E-state index in [0.717, 1.165) is 0 Å². The molecule has 0 aliphatic heterocycles. The van der Waals surface area contributed by atoms with Crippen LogP contribution in [0, 0.1) is 23.3 Å². The van der Waals surface area contributed by atoms with Crippen molar-refractivity contribution in [2.75, 3.05) is 0 Å². The van der Waals surface area contributed by atoms with E-state index in [9.17, 15) is 17.6 Å². The second kappa shape index (κ2) is 5.05. The number of hydrogen-bond donors (Lipinski definition) is 1. The summed E-state index contributed by atoms with van der Waals surface area (Å²) in [5.41, 5.74) is -0.894. The summed E-state index contributed by atoms with van der Waals surface area (Å²) in [4.78, 5) is 0.